The van der Waals surface area contributed by atoms with Gasteiger partial charge in [0, 0.05) is 9.50 Å². The van der Waals surface area contributed by atoms with Crippen molar-refractivity contribution >= 4 is 39.0 Å². The first kappa shape index (κ1) is 16.2. The number of hydrogen-bond donors (Lipinski definition) is 1. The van der Waals surface area contributed by atoms with Gasteiger partial charge in [-0.15, -0.1) is 0 Å². The lowest BCUT2D eigenvalue weighted by molar-refractivity contribution is -0.391. The molecule has 24 heavy (non-hydrogen) atoms. The fourth-order valence-corrected chi connectivity index (χ4v) is 2.42. The first-order valence-corrected chi connectivity index (χ1v) is 7.75. The van der Waals surface area contributed by atoms with Gasteiger partial charge in [0.25, 0.3) is 5.49 Å². The summed E-state index contributed by atoms with van der Waals surface area (Å²) in [5.41, 5.74) is 0.474. The van der Waals surface area contributed by atoms with Crippen LogP contribution in [-0.4, -0.2) is 24.9 Å². The average molecular weight is 411 g/mol. The standard InChI is InChI=1S/C14H9BrClN5O3/c15-9-4-6-11(7-5-9)17-13-14(21(23)24)18-19(20(13)22)12-3-1-2-10(16)8-12/h1-8,22H. The Morgan fingerprint density at radius 2 is 1.96 bits per heavy atom. The summed E-state index contributed by atoms with van der Waals surface area (Å²) in [4.78, 5) is 16.1. The van der Waals surface area contributed by atoms with Crippen LogP contribution in [0.2, 0.25) is 5.02 Å². The van der Waals surface area contributed by atoms with Crippen LogP contribution in [-0.2, 0) is 0 Å². The molecule has 122 valence electrons. The lowest BCUT2D eigenvalue weighted by Crippen LogP contribution is -2.22. The molecule has 0 fully saturated rings. The van der Waals surface area contributed by atoms with E-state index in [2.05, 4.69) is 26.0 Å². The van der Waals surface area contributed by atoms with Crippen LogP contribution in [0.4, 0.5) is 11.5 Å². The number of nitrogens with zero attached hydrogens (tertiary/aromatic N) is 5. The molecule has 0 aliphatic carbocycles. The highest BCUT2D eigenvalue weighted by Gasteiger charge is 2.24. The molecule has 1 heterocycles. The monoisotopic (exact) mass is 409 g/mol. The largest absolute Gasteiger partial charge is 0.438 e. The Morgan fingerprint density at radius 1 is 1.25 bits per heavy atom. The van der Waals surface area contributed by atoms with Crippen LogP contribution < -0.4 is 5.49 Å². The normalized spacial score (nSPS) is 11.7. The third-order valence-corrected chi connectivity index (χ3v) is 3.80. The van der Waals surface area contributed by atoms with Gasteiger partial charge in [-0.05, 0) is 52.2 Å². The van der Waals surface area contributed by atoms with Crippen molar-refractivity contribution in [3.05, 3.63) is 73.6 Å². The van der Waals surface area contributed by atoms with E-state index in [4.69, 9.17) is 11.6 Å². The lowest BCUT2D eigenvalue weighted by Gasteiger charge is -2.00. The van der Waals surface area contributed by atoms with Gasteiger partial charge in [-0.1, -0.05) is 38.4 Å². The Hall–Kier alpha value is -2.65. The molecule has 0 bridgehead atoms. The maximum absolute atomic E-state index is 11.2. The number of halogens is 2. The molecule has 0 aliphatic heterocycles. The quantitative estimate of drug-likeness (QED) is 0.406. The zero-order chi connectivity index (χ0) is 17.3. The lowest BCUT2D eigenvalue weighted by atomic mass is 10.3. The summed E-state index contributed by atoms with van der Waals surface area (Å²) >= 11 is 9.20. The fraction of sp³-hybridized carbons (Fsp3) is 0. The summed E-state index contributed by atoms with van der Waals surface area (Å²) in [6.45, 7) is 0. The van der Waals surface area contributed by atoms with Gasteiger partial charge in [0.15, 0.2) is 0 Å². The van der Waals surface area contributed by atoms with Crippen LogP contribution in [0.25, 0.3) is 5.69 Å². The van der Waals surface area contributed by atoms with Crippen molar-refractivity contribution in [2.24, 2.45) is 4.99 Å². The molecule has 1 aromatic heterocycles. The summed E-state index contributed by atoms with van der Waals surface area (Å²) < 4.78 is 0.836. The molecule has 3 rings (SSSR count). The molecular weight excluding hydrogens is 402 g/mol. The molecule has 0 radical (unpaired) electrons. The Morgan fingerprint density at radius 3 is 2.58 bits per heavy atom. The number of benzene rings is 2. The Balaban J connectivity index is 2.22. The molecule has 2 aromatic carbocycles. The summed E-state index contributed by atoms with van der Waals surface area (Å²) in [6.07, 6.45) is 0. The van der Waals surface area contributed by atoms with Crippen molar-refractivity contribution in [3.8, 4) is 5.69 Å². The average Bonchev–Trinajstić information content (AvgIpc) is 2.87. The van der Waals surface area contributed by atoms with E-state index in [0.717, 1.165) is 9.27 Å². The second kappa shape index (κ2) is 6.46. The minimum absolute atomic E-state index is 0.303. The van der Waals surface area contributed by atoms with Gasteiger partial charge in [-0.25, -0.2) is 4.99 Å². The second-order valence-corrected chi connectivity index (χ2v) is 6.00. The molecule has 1 N–H and O–H groups in total. The van der Waals surface area contributed by atoms with Crippen molar-refractivity contribution in [1.82, 2.24) is 14.7 Å². The van der Waals surface area contributed by atoms with Crippen LogP contribution in [0, 0.1) is 10.1 Å². The highest BCUT2D eigenvalue weighted by molar-refractivity contribution is 9.10. The molecule has 0 saturated carbocycles. The van der Waals surface area contributed by atoms with Crippen LogP contribution in [0.5, 0.6) is 0 Å². The molecule has 0 spiro atoms. The van der Waals surface area contributed by atoms with Crippen molar-refractivity contribution in [2.45, 2.75) is 0 Å². The molecule has 0 amide bonds. The van der Waals surface area contributed by atoms with Gasteiger partial charge in [0.1, 0.15) is 5.69 Å². The van der Waals surface area contributed by atoms with Crippen LogP contribution >= 0.6 is 27.5 Å². The molecule has 0 unspecified atom stereocenters. The minimum Gasteiger partial charge on any atom is -0.409 e. The van der Waals surface area contributed by atoms with Crippen LogP contribution in [0.15, 0.2) is 58.0 Å². The molecular formula is C14H9BrClN5O3. The van der Waals surface area contributed by atoms with E-state index in [1.807, 2.05) is 0 Å². The molecule has 0 aliphatic rings. The van der Waals surface area contributed by atoms with E-state index in [1.54, 1.807) is 42.5 Å². The maximum Gasteiger partial charge on any atom is 0.438 e. The van der Waals surface area contributed by atoms with Gasteiger partial charge >= 0.3 is 5.82 Å². The number of aromatic nitrogens is 3. The molecule has 3 aromatic rings. The Labute approximate surface area is 148 Å². The summed E-state index contributed by atoms with van der Waals surface area (Å²) in [7, 11) is 0. The van der Waals surface area contributed by atoms with E-state index in [9.17, 15) is 15.3 Å². The third-order valence-electron chi connectivity index (χ3n) is 3.03. The summed E-state index contributed by atoms with van der Waals surface area (Å²) in [5.74, 6) is -0.583. The number of hydrogen-bond acceptors (Lipinski definition) is 5. The summed E-state index contributed by atoms with van der Waals surface area (Å²) in [5, 5.41) is 25.7. The highest BCUT2D eigenvalue weighted by Crippen LogP contribution is 2.18. The van der Waals surface area contributed by atoms with E-state index in [0.29, 0.717) is 21.2 Å². The van der Waals surface area contributed by atoms with Crippen LogP contribution in [0.3, 0.4) is 0 Å². The van der Waals surface area contributed by atoms with E-state index in [1.165, 1.54) is 6.07 Å². The fourth-order valence-electron chi connectivity index (χ4n) is 1.97. The number of nitro groups is 1. The van der Waals surface area contributed by atoms with Gasteiger partial charge in [0.2, 0.25) is 0 Å². The van der Waals surface area contributed by atoms with E-state index in [-0.39, 0.29) is 5.49 Å². The minimum atomic E-state index is -0.717. The van der Waals surface area contributed by atoms with Crippen molar-refractivity contribution in [1.29, 1.82) is 0 Å². The van der Waals surface area contributed by atoms with Gasteiger partial charge in [-0.3, -0.25) is 0 Å². The first-order chi connectivity index (χ1) is 11.5. The predicted octanol–water partition coefficient (Wildman–Crippen LogP) is 3.47. The Bertz CT molecular complexity index is 981. The van der Waals surface area contributed by atoms with Crippen LogP contribution in [0.1, 0.15) is 0 Å². The zero-order valence-corrected chi connectivity index (χ0v) is 14.2. The maximum atomic E-state index is 11.2. The second-order valence-electron chi connectivity index (χ2n) is 4.65. The molecule has 0 atom stereocenters. The number of rotatable bonds is 3. The highest BCUT2D eigenvalue weighted by atomic mass is 79.9. The van der Waals surface area contributed by atoms with E-state index >= 15 is 0 Å². The Kier molecular flexibility index (Phi) is 4.36. The molecule has 10 heteroatoms. The zero-order valence-electron chi connectivity index (χ0n) is 11.9. The van der Waals surface area contributed by atoms with Gasteiger partial charge < -0.3 is 15.3 Å². The van der Waals surface area contributed by atoms with Gasteiger partial charge in [-0.2, -0.15) is 0 Å². The van der Waals surface area contributed by atoms with Gasteiger partial charge in [0.05, 0.1) is 10.8 Å². The van der Waals surface area contributed by atoms with Crippen molar-refractivity contribution in [3.63, 3.8) is 0 Å². The van der Waals surface area contributed by atoms with Crippen molar-refractivity contribution in [2.75, 3.05) is 0 Å². The smallest absolute Gasteiger partial charge is 0.409 e. The SMILES string of the molecule is O=[N+]([O-])c1nn(-c2cccc(Cl)c2)n(O)c1=Nc1ccc(Br)cc1. The predicted molar refractivity (Wildman–Crippen MR) is 89.8 cm³/mol. The molecule has 8 nitrogen and oxygen atoms in total. The topological polar surface area (TPSA) is 98.5 Å². The summed E-state index contributed by atoms with van der Waals surface area (Å²) in [6, 6.07) is 13.1. The van der Waals surface area contributed by atoms with E-state index < -0.39 is 10.7 Å². The van der Waals surface area contributed by atoms with Crippen molar-refractivity contribution < 1.29 is 10.1 Å². The first-order valence-electron chi connectivity index (χ1n) is 6.58. The molecule has 0 saturated heterocycles. The third kappa shape index (κ3) is 3.17.